The fourth-order valence-corrected chi connectivity index (χ4v) is 2.06. The minimum absolute atomic E-state index is 0. The standard InChI is InChI=1S/C12H10O.C8H10O.Na.H/c13-12-8-6-11(7-9-12)10-4-2-1-3-5-10;9-7-6-8-4-2-1-3-5-8;;/h1-9,13H;1-5,9H,6-7H2;;. The SMILES string of the molecule is OCCc1ccccc1.Oc1ccc(-c2ccccc2)cc1.[NaH]. The van der Waals surface area contributed by atoms with E-state index in [-0.39, 0.29) is 36.2 Å². The van der Waals surface area contributed by atoms with Crippen molar-refractivity contribution < 1.29 is 10.2 Å². The van der Waals surface area contributed by atoms with Crippen molar-refractivity contribution in [1.82, 2.24) is 0 Å². The Labute approximate surface area is 159 Å². The molecule has 0 aliphatic carbocycles. The Morgan fingerprint density at radius 2 is 1.09 bits per heavy atom. The molecule has 0 unspecified atom stereocenters. The van der Waals surface area contributed by atoms with E-state index in [1.165, 1.54) is 11.1 Å². The molecule has 3 rings (SSSR count). The number of aliphatic hydroxyl groups is 1. The third-order valence-corrected chi connectivity index (χ3v) is 3.22. The van der Waals surface area contributed by atoms with Gasteiger partial charge in [-0.1, -0.05) is 72.8 Å². The molecule has 23 heavy (non-hydrogen) atoms. The first-order valence-corrected chi connectivity index (χ1v) is 7.29. The molecule has 0 fully saturated rings. The molecular weight excluding hydrogens is 295 g/mol. The second-order valence-electron chi connectivity index (χ2n) is 4.87. The molecule has 0 aliphatic rings. The van der Waals surface area contributed by atoms with Gasteiger partial charge >= 0.3 is 29.6 Å². The molecule has 3 aromatic rings. The van der Waals surface area contributed by atoms with E-state index in [1.54, 1.807) is 12.1 Å². The first-order chi connectivity index (χ1) is 10.8. The number of phenols is 1. The van der Waals surface area contributed by atoms with Crippen LogP contribution in [-0.4, -0.2) is 46.4 Å². The van der Waals surface area contributed by atoms with Crippen LogP contribution in [0.2, 0.25) is 0 Å². The number of aliphatic hydroxyl groups excluding tert-OH is 1. The van der Waals surface area contributed by atoms with Gasteiger partial charge < -0.3 is 10.2 Å². The van der Waals surface area contributed by atoms with Crippen molar-refractivity contribution in [2.75, 3.05) is 6.61 Å². The van der Waals surface area contributed by atoms with E-state index < -0.39 is 0 Å². The average Bonchev–Trinajstić information content (AvgIpc) is 2.58. The van der Waals surface area contributed by atoms with Crippen LogP contribution < -0.4 is 0 Å². The summed E-state index contributed by atoms with van der Waals surface area (Å²) in [6, 6.07) is 27.2. The summed E-state index contributed by atoms with van der Waals surface area (Å²) in [7, 11) is 0. The van der Waals surface area contributed by atoms with Crippen molar-refractivity contribution in [2.45, 2.75) is 6.42 Å². The van der Waals surface area contributed by atoms with Crippen LogP contribution in [0.1, 0.15) is 5.56 Å². The Balaban J connectivity index is 0.000000235. The molecule has 0 aliphatic heterocycles. The molecule has 0 radical (unpaired) electrons. The molecule has 0 saturated heterocycles. The van der Waals surface area contributed by atoms with Crippen LogP contribution in [0.25, 0.3) is 11.1 Å². The summed E-state index contributed by atoms with van der Waals surface area (Å²) in [5.74, 6) is 0.305. The Hall–Kier alpha value is -1.58. The molecule has 0 amide bonds. The van der Waals surface area contributed by atoms with Crippen molar-refractivity contribution in [3.05, 3.63) is 90.5 Å². The molecule has 0 bridgehead atoms. The van der Waals surface area contributed by atoms with Crippen molar-refractivity contribution in [3.63, 3.8) is 0 Å². The van der Waals surface area contributed by atoms with Crippen LogP contribution in [0.3, 0.4) is 0 Å². The quantitative estimate of drug-likeness (QED) is 0.724. The molecular formula is C20H21NaO2. The maximum atomic E-state index is 9.10. The number of rotatable bonds is 3. The van der Waals surface area contributed by atoms with E-state index in [0.29, 0.717) is 5.75 Å². The summed E-state index contributed by atoms with van der Waals surface area (Å²) in [5, 5.41) is 17.6. The predicted molar refractivity (Wildman–Crippen MR) is 97.9 cm³/mol. The van der Waals surface area contributed by atoms with E-state index in [9.17, 15) is 0 Å². The minimum atomic E-state index is 0. The van der Waals surface area contributed by atoms with Crippen LogP contribution in [0, 0.1) is 0 Å². The van der Waals surface area contributed by atoms with Crippen molar-refractivity contribution in [2.24, 2.45) is 0 Å². The van der Waals surface area contributed by atoms with Crippen LogP contribution in [0.5, 0.6) is 5.75 Å². The monoisotopic (exact) mass is 316 g/mol. The van der Waals surface area contributed by atoms with Gasteiger partial charge in [-0.2, -0.15) is 0 Å². The zero-order valence-electron chi connectivity index (χ0n) is 12.4. The Morgan fingerprint density at radius 1 is 0.609 bits per heavy atom. The molecule has 0 heterocycles. The fourth-order valence-electron chi connectivity index (χ4n) is 2.06. The summed E-state index contributed by atoms with van der Waals surface area (Å²) < 4.78 is 0. The van der Waals surface area contributed by atoms with E-state index in [4.69, 9.17) is 10.2 Å². The number of phenolic OH excluding ortho intramolecular Hbond substituents is 1. The van der Waals surface area contributed by atoms with Gasteiger partial charge in [0.15, 0.2) is 0 Å². The summed E-state index contributed by atoms with van der Waals surface area (Å²) in [5.41, 5.74) is 3.49. The van der Waals surface area contributed by atoms with Gasteiger partial charge in [0, 0.05) is 6.61 Å². The zero-order valence-corrected chi connectivity index (χ0v) is 12.4. The maximum absolute atomic E-state index is 9.10. The normalized spacial score (nSPS) is 9.26. The number of hydrogen-bond acceptors (Lipinski definition) is 2. The van der Waals surface area contributed by atoms with Gasteiger partial charge in [0.05, 0.1) is 0 Å². The zero-order chi connectivity index (χ0) is 15.6. The predicted octanol–water partition coefficient (Wildman–Crippen LogP) is 3.63. The van der Waals surface area contributed by atoms with Gasteiger partial charge in [-0.3, -0.25) is 0 Å². The van der Waals surface area contributed by atoms with Crippen molar-refractivity contribution in [3.8, 4) is 16.9 Å². The van der Waals surface area contributed by atoms with Gasteiger partial charge in [-0.25, -0.2) is 0 Å². The van der Waals surface area contributed by atoms with E-state index >= 15 is 0 Å². The molecule has 0 aromatic heterocycles. The summed E-state index contributed by atoms with van der Waals surface area (Å²) in [4.78, 5) is 0. The molecule has 0 atom stereocenters. The second kappa shape index (κ2) is 11.0. The first kappa shape index (κ1) is 19.5. The number of aromatic hydroxyl groups is 1. The van der Waals surface area contributed by atoms with Crippen molar-refractivity contribution >= 4 is 29.6 Å². The molecule has 0 saturated carbocycles. The van der Waals surface area contributed by atoms with Gasteiger partial charge in [0.1, 0.15) is 5.75 Å². The van der Waals surface area contributed by atoms with Gasteiger partial charge in [-0.05, 0) is 35.2 Å². The van der Waals surface area contributed by atoms with Crippen LogP contribution >= 0.6 is 0 Å². The summed E-state index contributed by atoms with van der Waals surface area (Å²) in [6.45, 7) is 0.240. The number of hydrogen-bond donors (Lipinski definition) is 2. The first-order valence-electron chi connectivity index (χ1n) is 7.29. The molecule has 3 aromatic carbocycles. The third-order valence-electron chi connectivity index (χ3n) is 3.22. The molecule has 2 N–H and O–H groups in total. The Kier molecular flexibility index (Phi) is 9.34. The molecule has 3 heteroatoms. The van der Waals surface area contributed by atoms with Gasteiger partial charge in [0.2, 0.25) is 0 Å². The Bertz CT molecular complexity index is 652. The summed E-state index contributed by atoms with van der Waals surface area (Å²) in [6.07, 6.45) is 0.765. The average molecular weight is 316 g/mol. The van der Waals surface area contributed by atoms with Gasteiger partial charge in [0.25, 0.3) is 0 Å². The topological polar surface area (TPSA) is 40.5 Å². The third kappa shape index (κ3) is 7.02. The van der Waals surface area contributed by atoms with Crippen LogP contribution in [0.4, 0.5) is 0 Å². The second-order valence-corrected chi connectivity index (χ2v) is 4.87. The number of benzene rings is 3. The summed E-state index contributed by atoms with van der Waals surface area (Å²) >= 11 is 0. The van der Waals surface area contributed by atoms with E-state index in [2.05, 4.69) is 0 Å². The molecule has 114 valence electrons. The molecule has 2 nitrogen and oxygen atoms in total. The fraction of sp³-hybridized carbons (Fsp3) is 0.100. The van der Waals surface area contributed by atoms with Gasteiger partial charge in [-0.15, -0.1) is 0 Å². The van der Waals surface area contributed by atoms with Crippen molar-refractivity contribution in [1.29, 1.82) is 0 Å². The van der Waals surface area contributed by atoms with E-state index in [0.717, 1.165) is 12.0 Å². The van der Waals surface area contributed by atoms with Crippen LogP contribution in [-0.2, 0) is 6.42 Å². The van der Waals surface area contributed by atoms with E-state index in [1.807, 2.05) is 72.8 Å². The Morgan fingerprint density at radius 3 is 1.61 bits per heavy atom. The van der Waals surface area contributed by atoms with Crippen LogP contribution in [0.15, 0.2) is 84.9 Å². The molecule has 0 spiro atoms.